The topological polar surface area (TPSA) is 73.4 Å². The van der Waals surface area contributed by atoms with E-state index in [1.54, 1.807) is 11.9 Å². The lowest BCUT2D eigenvalue weighted by Gasteiger charge is -2.47. The standard InChI is InChI=1S/C13H22N4O2/c1-12(2)7-17(8-13(3,4)19-12)11(18)9-6-15-16(5)10(9)14/h6H,7-8,14H2,1-5H3. The summed E-state index contributed by atoms with van der Waals surface area (Å²) in [6, 6.07) is 0. The zero-order valence-electron chi connectivity index (χ0n) is 12.2. The molecule has 0 saturated carbocycles. The molecule has 0 unspecified atom stereocenters. The Balaban J connectivity index is 2.26. The number of carbonyl (C=O) groups is 1. The number of carbonyl (C=O) groups excluding carboxylic acids is 1. The van der Waals surface area contributed by atoms with E-state index in [1.165, 1.54) is 10.9 Å². The second-order valence-electron chi connectivity index (χ2n) is 6.35. The smallest absolute Gasteiger partial charge is 0.259 e. The molecule has 1 amide bonds. The third-order valence-electron chi connectivity index (χ3n) is 3.20. The molecular weight excluding hydrogens is 244 g/mol. The van der Waals surface area contributed by atoms with Crippen molar-refractivity contribution in [3.05, 3.63) is 11.8 Å². The van der Waals surface area contributed by atoms with Crippen LogP contribution in [0.4, 0.5) is 5.82 Å². The summed E-state index contributed by atoms with van der Waals surface area (Å²) < 4.78 is 7.47. The van der Waals surface area contributed by atoms with E-state index in [0.717, 1.165) is 0 Å². The van der Waals surface area contributed by atoms with E-state index >= 15 is 0 Å². The monoisotopic (exact) mass is 266 g/mol. The van der Waals surface area contributed by atoms with Crippen molar-refractivity contribution in [2.45, 2.75) is 38.9 Å². The fourth-order valence-corrected chi connectivity index (χ4v) is 2.71. The van der Waals surface area contributed by atoms with Crippen LogP contribution < -0.4 is 5.73 Å². The number of hydrogen-bond acceptors (Lipinski definition) is 4. The third kappa shape index (κ3) is 2.73. The first-order valence-corrected chi connectivity index (χ1v) is 6.38. The summed E-state index contributed by atoms with van der Waals surface area (Å²) in [5.41, 5.74) is 5.59. The lowest BCUT2D eigenvalue weighted by atomic mass is 9.98. The summed E-state index contributed by atoms with van der Waals surface area (Å²) in [7, 11) is 1.72. The highest BCUT2D eigenvalue weighted by molar-refractivity contribution is 5.98. The predicted octanol–water partition coefficient (Wildman–Crippen LogP) is 1.03. The first kappa shape index (κ1) is 13.9. The summed E-state index contributed by atoms with van der Waals surface area (Å²) in [4.78, 5) is 14.3. The van der Waals surface area contributed by atoms with Crippen LogP contribution >= 0.6 is 0 Å². The minimum absolute atomic E-state index is 0.0879. The second-order valence-corrected chi connectivity index (χ2v) is 6.35. The van der Waals surface area contributed by atoms with Crippen LogP contribution in [0.1, 0.15) is 38.1 Å². The van der Waals surface area contributed by atoms with Gasteiger partial charge in [0.15, 0.2) is 0 Å². The molecule has 2 N–H and O–H groups in total. The van der Waals surface area contributed by atoms with Crippen molar-refractivity contribution in [1.29, 1.82) is 0 Å². The van der Waals surface area contributed by atoms with Gasteiger partial charge in [0.1, 0.15) is 11.4 Å². The minimum atomic E-state index is -0.367. The van der Waals surface area contributed by atoms with E-state index in [0.29, 0.717) is 24.5 Å². The highest BCUT2D eigenvalue weighted by atomic mass is 16.5. The molecule has 1 aliphatic heterocycles. The molecule has 1 fully saturated rings. The largest absolute Gasteiger partial charge is 0.383 e. The van der Waals surface area contributed by atoms with Gasteiger partial charge in [0.2, 0.25) is 0 Å². The molecule has 1 aliphatic rings. The molecule has 2 rings (SSSR count). The maximum atomic E-state index is 12.5. The fourth-order valence-electron chi connectivity index (χ4n) is 2.71. The molecule has 0 spiro atoms. The van der Waals surface area contributed by atoms with Crippen molar-refractivity contribution in [1.82, 2.24) is 14.7 Å². The first-order chi connectivity index (χ1) is 8.61. The molecule has 6 nitrogen and oxygen atoms in total. The van der Waals surface area contributed by atoms with E-state index < -0.39 is 0 Å². The van der Waals surface area contributed by atoms with Gasteiger partial charge in [-0.3, -0.25) is 9.48 Å². The minimum Gasteiger partial charge on any atom is -0.383 e. The number of aryl methyl sites for hydroxylation is 1. The second kappa shape index (κ2) is 4.23. The van der Waals surface area contributed by atoms with Gasteiger partial charge in [0.25, 0.3) is 5.91 Å². The summed E-state index contributed by atoms with van der Waals surface area (Å²) in [6.07, 6.45) is 1.52. The first-order valence-electron chi connectivity index (χ1n) is 6.38. The van der Waals surface area contributed by atoms with Crippen molar-refractivity contribution in [3.63, 3.8) is 0 Å². The van der Waals surface area contributed by atoms with Crippen LogP contribution in [0, 0.1) is 0 Å². The van der Waals surface area contributed by atoms with Crippen LogP contribution in [0.3, 0.4) is 0 Å². The number of morpholine rings is 1. The van der Waals surface area contributed by atoms with Gasteiger partial charge in [-0.2, -0.15) is 5.10 Å². The van der Waals surface area contributed by atoms with Crippen molar-refractivity contribution < 1.29 is 9.53 Å². The van der Waals surface area contributed by atoms with Crippen LogP contribution in [0.25, 0.3) is 0 Å². The number of amides is 1. The number of ether oxygens (including phenoxy) is 1. The number of hydrogen-bond donors (Lipinski definition) is 1. The Morgan fingerprint density at radius 2 is 1.84 bits per heavy atom. The molecular formula is C13H22N4O2. The zero-order valence-corrected chi connectivity index (χ0v) is 12.2. The van der Waals surface area contributed by atoms with E-state index in [1.807, 2.05) is 27.7 Å². The molecule has 0 aromatic carbocycles. The quantitative estimate of drug-likeness (QED) is 0.824. The number of nitrogens with two attached hydrogens (primary N) is 1. The maximum Gasteiger partial charge on any atom is 0.259 e. The van der Waals surface area contributed by atoms with Gasteiger partial charge in [-0.25, -0.2) is 0 Å². The molecule has 1 saturated heterocycles. The van der Waals surface area contributed by atoms with Crippen molar-refractivity contribution in [3.8, 4) is 0 Å². The predicted molar refractivity (Wildman–Crippen MR) is 72.8 cm³/mol. The van der Waals surface area contributed by atoms with Crippen molar-refractivity contribution in [2.24, 2.45) is 7.05 Å². The van der Waals surface area contributed by atoms with E-state index in [-0.39, 0.29) is 17.1 Å². The average Bonchev–Trinajstić information content (AvgIpc) is 2.54. The van der Waals surface area contributed by atoms with Crippen LogP contribution in [-0.2, 0) is 11.8 Å². The molecule has 1 aromatic rings. The van der Waals surface area contributed by atoms with Gasteiger partial charge >= 0.3 is 0 Å². The normalized spacial score (nSPS) is 21.4. The van der Waals surface area contributed by atoms with Gasteiger partial charge in [0, 0.05) is 20.1 Å². The Morgan fingerprint density at radius 3 is 2.26 bits per heavy atom. The summed E-state index contributed by atoms with van der Waals surface area (Å²) >= 11 is 0. The Bertz CT molecular complexity index is 489. The summed E-state index contributed by atoms with van der Waals surface area (Å²) in [6.45, 7) is 9.04. The molecule has 6 heteroatoms. The summed E-state index contributed by atoms with van der Waals surface area (Å²) in [5, 5.41) is 4.02. The molecule has 106 valence electrons. The van der Waals surface area contributed by atoms with E-state index in [2.05, 4.69) is 5.10 Å². The molecule has 2 heterocycles. The Kier molecular flexibility index (Phi) is 3.09. The van der Waals surface area contributed by atoms with Gasteiger partial charge in [-0.1, -0.05) is 0 Å². The number of aromatic nitrogens is 2. The maximum absolute atomic E-state index is 12.5. The summed E-state index contributed by atoms with van der Waals surface area (Å²) in [5.74, 6) is 0.308. The number of nitrogens with zero attached hydrogens (tertiary/aromatic N) is 3. The van der Waals surface area contributed by atoms with Gasteiger partial charge in [-0.05, 0) is 27.7 Å². The third-order valence-corrected chi connectivity index (χ3v) is 3.20. The van der Waals surface area contributed by atoms with Crippen LogP contribution in [0.15, 0.2) is 6.20 Å². The lowest BCUT2D eigenvalue weighted by Crippen LogP contribution is -2.58. The van der Waals surface area contributed by atoms with Gasteiger partial charge in [-0.15, -0.1) is 0 Å². The SMILES string of the molecule is Cn1ncc(C(=O)N2CC(C)(C)OC(C)(C)C2)c1N. The number of anilines is 1. The Labute approximate surface area is 113 Å². The Morgan fingerprint density at radius 1 is 1.32 bits per heavy atom. The average molecular weight is 266 g/mol. The van der Waals surface area contributed by atoms with E-state index in [9.17, 15) is 4.79 Å². The lowest BCUT2D eigenvalue weighted by molar-refractivity contribution is -0.171. The van der Waals surface area contributed by atoms with Crippen molar-refractivity contribution in [2.75, 3.05) is 18.8 Å². The zero-order chi connectivity index (χ0) is 14.4. The van der Waals surface area contributed by atoms with Crippen LogP contribution in [0.5, 0.6) is 0 Å². The van der Waals surface area contributed by atoms with Gasteiger partial charge < -0.3 is 15.4 Å². The molecule has 0 atom stereocenters. The highest BCUT2D eigenvalue weighted by Gasteiger charge is 2.40. The van der Waals surface area contributed by atoms with E-state index in [4.69, 9.17) is 10.5 Å². The van der Waals surface area contributed by atoms with Crippen LogP contribution in [0.2, 0.25) is 0 Å². The molecule has 1 aromatic heterocycles. The van der Waals surface area contributed by atoms with Crippen LogP contribution in [-0.4, -0.2) is 44.9 Å². The highest BCUT2D eigenvalue weighted by Crippen LogP contribution is 2.29. The number of rotatable bonds is 1. The molecule has 19 heavy (non-hydrogen) atoms. The molecule has 0 bridgehead atoms. The molecule has 0 radical (unpaired) electrons. The van der Waals surface area contributed by atoms with Crippen molar-refractivity contribution >= 4 is 11.7 Å². The van der Waals surface area contributed by atoms with Gasteiger partial charge in [0.05, 0.1) is 17.4 Å². The fraction of sp³-hybridized carbons (Fsp3) is 0.692. The number of nitrogen functional groups attached to an aromatic ring is 1. The Hall–Kier alpha value is -1.56. The molecule has 0 aliphatic carbocycles.